The molecule has 0 aliphatic carbocycles. The molecule has 6 nitrogen and oxygen atoms in total. The average molecular weight is 492 g/mol. The van der Waals surface area contributed by atoms with Crippen molar-refractivity contribution in [3.63, 3.8) is 0 Å². The van der Waals surface area contributed by atoms with E-state index >= 15 is 0 Å². The van der Waals surface area contributed by atoms with Crippen LogP contribution in [0.3, 0.4) is 0 Å². The van der Waals surface area contributed by atoms with Crippen LogP contribution < -0.4 is 10.1 Å². The summed E-state index contributed by atoms with van der Waals surface area (Å²) in [6, 6.07) is 8.25. The Bertz CT molecular complexity index is 511. The number of halogens is 1. The highest BCUT2D eigenvalue weighted by Crippen LogP contribution is 2.13. The van der Waals surface area contributed by atoms with Gasteiger partial charge >= 0.3 is 0 Å². The Hall–Kier alpha value is -1.06. The summed E-state index contributed by atoms with van der Waals surface area (Å²) in [6.07, 6.45) is 1.03. The standard InChI is InChI=1S/C20H36N4O2.HI/c1-6-21-20(22-13-8-14-23(3)15-16-25-5)24(4)17-18-9-11-19(12-10-18)26-7-2;/h9-12H,6-8,13-17H2,1-5H3,(H,21,22);1H. The van der Waals surface area contributed by atoms with E-state index in [-0.39, 0.29) is 24.0 Å². The first-order valence-electron chi connectivity index (χ1n) is 9.49. The van der Waals surface area contributed by atoms with Gasteiger partial charge in [0.05, 0.1) is 13.2 Å². The summed E-state index contributed by atoms with van der Waals surface area (Å²) in [7, 11) is 5.93. The Morgan fingerprint density at radius 2 is 1.81 bits per heavy atom. The monoisotopic (exact) mass is 492 g/mol. The van der Waals surface area contributed by atoms with Gasteiger partial charge in [0.1, 0.15) is 5.75 Å². The second kappa shape index (κ2) is 15.9. The number of likely N-dealkylation sites (N-methyl/N-ethyl adjacent to an activating group) is 1. The zero-order valence-corrected chi connectivity index (χ0v) is 19.9. The van der Waals surface area contributed by atoms with Crippen molar-refractivity contribution in [2.24, 2.45) is 4.99 Å². The van der Waals surface area contributed by atoms with Gasteiger partial charge in [-0.25, -0.2) is 0 Å². The maximum absolute atomic E-state index is 5.50. The van der Waals surface area contributed by atoms with Crippen LogP contribution in [0.5, 0.6) is 5.75 Å². The van der Waals surface area contributed by atoms with Crippen molar-refractivity contribution in [2.45, 2.75) is 26.8 Å². The van der Waals surface area contributed by atoms with Crippen LogP contribution in [0.25, 0.3) is 0 Å². The molecule has 1 rings (SSSR count). The molecule has 0 aliphatic rings. The van der Waals surface area contributed by atoms with Crippen molar-refractivity contribution in [3.8, 4) is 5.75 Å². The average Bonchev–Trinajstić information content (AvgIpc) is 2.64. The smallest absolute Gasteiger partial charge is 0.193 e. The molecule has 0 radical (unpaired) electrons. The number of guanidine groups is 1. The van der Waals surface area contributed by atoms with Crippen molar-refractivity contribution >= 4 is 29.9 Å². The number of nitrogens with one attached hydrogen (secondary N) is 1. The van der Waals surface area contributed by atoms with Gasteiger partial charge in [-0.3, -0.25) is 4.99 Å². The van der Waals surface area contributed by atoms with Crippen LogP contribution in [-0.2, 0) is 11.3 Å². The second-order valence-corrected chi connectivity index (χ2v) is 6.32. The summed E-state index contributed by atoms with van der Waals surface area (Å²) < 4.78 is 10.6. The summed E-state index contributed by atoms with van der Waals surface area (Å²) in [5.41, 5.74) is 1.24. The van der Waals surface area contributed by atoms with E-state index in [1.54, 1.807) is 7.11 Å². The van der Waals surface area contributed by atoms with Gasteiger partial charge in [-0.05, 0) is 51.6 Å². The molecular formula is C20H37IN4O2. The minimum atomic E-state index is 0. The summed E-state index contributed by atoms with van der Waals surface area (Å²) in [4.78, 5) is 9.19. The molecule has 0 aliphatic heterocycles. The summed E-state index contributed by atoms with van der Waals surface area (Å²) in [5, 5.41) is 3.37. The minimum Gasteiger partial charge on any atom is -0.494 e. The number of aliphatic imine (C=N–C) groups is 1. The first kappa shape index (κ1) is 25.9. The van der Waals surface area contributed by atoms with Crippen LogP contribution in [0.4, 0.5) is 0 Å². The molecule has 0 atom stereocenters. The van der Waals surface area contributed by atoms with Gasteiger partial charge in [-0.2, -0.15) is 0 Å². The lowest BCUT2D eigenvalue weighted by atomic mass is 10.2. The highest BCUT2D eigenvalue weighted by atomic mass is 127. The SMILES string of the molecule is CCNC(=NCCCN(C)CCOC)N(C)Cc1ccc(OCC)cc1.I. The zero-order chi connectivity index (χ0) is 19.2. The van der Waals surface area contributed by atoms with Crippen LogP contribution in [-0.4, -0.2) is 76.4 Å². The van der Waals surface area contributed by atoms with Gasteiger partial charge in [-0.1, -0.05) is 12.1 Å². The van der Waals surface area contributed by atoms with E-state index in [0.29, 0.717) is 6.61 Å². The third kappa shape index (κ3) is 11.4. The first-order valence-corrected chi connectivity index (χ1v) is 9.49. The number of methoxy groups -OCH3 is 1. The molecule has 0 fully saturated rings. The first-order chi connectivity index (χ1) is 12.6. The lowest BCUT2D eigenvalue weighted by Crippen LogP contribution is -2.38. The Morgan fingerprint density at radius 1 is 1.11 bits per heavy atom. The molecule has 0 saturated carbocycles. The fourth-order valence-corrected chi connectivity index (χ4v) is 2.56. The van der Waals surface area contributed by atoms with Gasteiger partial charge in [0.2, 0.25) is 0 Å². The van der Waals surface area contributed by atoms with E-state index in [9.17, 15) is 0 Å². The fourth-order valence-electron chi connectivity index (χ4n) is 2.56. The molecular weight excluding hydrogens is 455 g/mol. The van der Waals surface area contributed by atoms with Crippen molar-refractivity contribution < 1.29 is 9.47 Å². The Kier molecular flexibility index (Phi) is 15.3. The van der Waals surface area contributed by atoms with Gasteiger partial charge in [-0.15, -0.1) is 24.0 Å². The molecule has 0 bridgehead atoms. The Balaban J connectivity index is 0.00000676. The van der Waals surface area contributed by atoms with Crippen LogP contribution in [0.1, 0.15) is 25.8 Å². The number of ether oxygens (including phenoxy) is 2. The molecule has 1 N–H and O–H groups in total. The topological polar surface area (TPSA) is 49.3 Å². The predicted molar refractivity (Wildman–Crippen MR) is 124 cm³/mol. The maximum Gasteiger partial charge on any atom is 0.193 e. The molecule has 1 aromatic rings. The third-order valence-corrected chi connectivity index (χ3v) is 3.99. The quantitative estimate of drug-likeness (QED) is 0.210. The van der Waals surface area contributed by atoms with Gasteiger partial charge in [0, 0.05) is 40.3 Å². The van der Waals surface area contributed by atoms with Crippen LogP contribution in [0, 0.1) is 0 Å². The molecule has 0 spiro atoms. The molecule has 0 amide bonds. The number of benzene rings is 1. The fraction of sp³-hybridized carbons (Fsp3) is 0.650. The number of hydrogen-bond donors (Lipinski definition) is 1. The normalized spacial score (nSPS) is 11.3. The molecule has 0 aromatic heterocycles. The van der Waals surface area contributed by atoms with E-state index in [1.165, 1.54) is 5.56 Å². The second-order valence-electron chi connectivity index (χ2n) is 6.32. The van der Waals surface area contributed by atoms with E-state index in [4.69, 9.17) is 14.5 Å². The highest BCUT2D eigenvalue weighted by molar-refractivity contribution is 14.0. The Labute approximate surface area is 182 Å². The highest BCUT2D eigenvalue weighted by Gasteiger charge is 2.07. The van der Waals surface area contributed by atoms with E-state index < -0.39 is 0 Å². The van der Waals surface area contributed by atoms with E-state index in [2.05, 4.69) is 48.3 Å². The molecule has 0 heterocycles. The molecule has 1 aromatic carbocycles. The molecule has 27 heavy (non-hydrogen) atoms. The van der Waals surface area contributed by atoms with Crippen molar-refractivity contribution in [2.75, 3.05) is 60.6 Å². The van der Waals surface area contributed by atoms with Crippen molar-refractivity contribution in [3.05, 3.63) is 29.8 Å². The number of nitrogens with zero attached hydrogens (tertiary/aromatic N) is 3. The van der Waals surface area contributed by atoms with Gasteiger partial charge < -0.3 is 24.6 Å². The maximum atomic E-state index is 5.50. The summed E-state index contributed by atoms with van der Waals surface area (Å²) in [6.45, 7) is 10.0. The lowest BCUT2D eigenvalue weighted by Gasteiger charge is -2.22. The summed E-state index contributed by atoms with van der Waals surface area (Å²) in [5.74, 6) is 1.86. The summed E-state index contributed by atoms with van der Waals surface area (Å²) >= 11 is 0. The van der Waals surface area contributed by atoms with Crippen molar-refractivity contribution in [1.29, 1.82) is 0 Å². The van der Waals surface area contributed by atoms with Gasteiger partial charge in [0.25, 0.3) is 0 Å². The van der Waals surface area contributed by atoms with Crippen LogP contribution >= 0.6 is 24.0 Å². The molecule has 0 unspecified atom stereocenters. The predicted octanol–water partition coefficient (Wildman–Crippen LogP) is 3.07. The third-order valence-electron chi connectivity index (χ3n) is 3.99. The van der Waals surface area contributed by atoms with E-state index in [1.807, 2.05) is 19.1 Å². The molecule has 156 valence electrons. The zero-order valence-electron chi connectivity index (χ0n) is 17.5. The Morgan fingerprint density at radius 3 is 2.41 bits per heavy atom. The van der Waals surface area contributed by atoms with E-state index in [0.717, 1.165) is 57.5 Å². The molecule has 7 heteroatoms. The van der Waals surface area contributed by atoms with Crippen LogP contribution in [0.2, 0.25) is 0 Å². The van der Waals surface area contributed by atoms with Crippen LogP contribution in [0.15, 0.2) is 29.3 Å². The largest absolute Gasteiger partial charge is 0.494 e. The van der Waals surface area contributed by atoms with Crippen molar-refractivity contribution in [1.82, 2.24) is 15.1 Å². The lowest BCUT2D eigenvalue weighted by molar-refractivity contribution is 0.161. The molecule has 0 saturated heterocycles. The minimum absolute atomic E-state index is 0. The number of hydrogen-bond acceptors (Lipinski definition) is 4. The van der Waals surface area contributed by atoms with Gasteiger partial charge in [0.15, 0.2) is 5.96 Å². The number of rotatable bonds is 12.